The molecule has 110 valence electrons. The number of hydrogen-bond acceptors (Lipinski definition) is 4. The monoisotopic (exact) mass is 276 g/mol. The quantitative estimate of drug-likeness (QED) is 0.881. The molecule has 0 bridgehead atoms. The lowest BCUT2D eigenvalue weighted by Gasteiger charge is -2.04. The average molecular weight is 276 g/mol. The molecule has 2 rings (SSSR count). The van der Waals surface area contributed by atoms with E-state index in [0.29, 0.717) is 11.9 Å². The first-order valence-electron chi connectivity index (χ1n) is 7.23. The second kappa shape index (κ2) is 6.22. The molecular weight excluding hydrogens is 252 g/mol. The molecular formula is C15H24N4O. The van der Waals surface area contributed by atoms with Crippen LogP contribution in [0.25, 0.3) is 6.01 Å². The van der Waals surface area contributed by atoms with Crippen LogP contribution < -0.4 is 5.32 Å². The summed E-state index contributed by atoms with van der Waals surface area (Å²) in [5.41, 5.74) is 4.32. The summed E-state index contributed by atoms with van der Waals surface area (Å²) >= 11 is 0. The number of nitrogens with one attached hydrogen (secondary N) is 1. The summed E-state index contributed by atoms with van der Waals surface area (Å²) in [6.45, 7) is 12.3. The van der Waals surface area contributed by atoms with Gasteiger partial charge in [-0.15, -0.1) is 0 Å². The van der Waals surface area contributed by atoms with E-state index in [1.807, 2.05) is 6.92 Å². The molecule has 0 aliphatic carbocycles. The van der Waals surface area contributed by atoms with Crippen LogP contribution in [0.4, 0.5) is 0 Å². The summed E-state index contributed by atoms with van der Waals surface area (Å²) in [7, 11) is 0. The minimum atomic E-state index is 0.548. The van der Waals surface area contributed by atoms with Crippen LogP contribution >= 0.6 is 0 Å². The molecule has 1 N–H and O–H groups in total. The molecule has 0 aliphatic heterocycles. The lowest BCUT2D eigenvalue weighted by molar-refractivity contribution is 0.503. The maximum atomic E-state index is 5.55. The number of aromatic nitrogens is 3. The Labute approximate surface area is 120 Å². The van der Waals surface area contributed by atoms with Crippen molar-refractivity contribution < 1.29 is 4.42 Å². The van der Waals surface area contributed by atoms with Gasteiger partial charge in [-0.25, -0.2) is 0 Å². The molecule has 0 fully saturated rings. The second-order valence-electron chi connectivity index (χ2n) is 5.56. The fourth-order valence-corrected chi connectivity index (χ4v) is 2.34. The third-order valence-corrected chi connectivity index (χ3v) is 3.37. The summed E-state index contributed by atoms with van der Waals surface area (Å²) < 4.78 is 7.34. The molecule has 0 saturated heterocycles. The van der Waals surface area contributed by atoms with Crippen molar-refractivity contribution in [2.75, 3.05) is 6.54 Å². The van der Waals surface area contributed by atoms with Crippen molar-refractivity contribution >= 4 is 0 Å². The van der Waals surface area contributed by atoms with Gasteiger partial charge in [-0.05, 0) is 38.3 Å². The summed E-state index contributed by atoms with van der Waals surface area (Å²) in [4.78, 5) is 4.50. The van der Waals surface area contributed by atoms with E-state index in [4.69, 9.17) is 4.42 Å². The van der Waals surface area contributed by atoms with Crippen LogP contribution in [-0.2, 0) is 13.0 Å². The Balaban J connectivity index is 2.12. The number of rotatable bonds is 6. The molecule has 0 atom stereocenters. The van der Waals surface area contributed by atoms with Gasteiger partial charge in [0.25, 0.3) is 0 Å². The van der Waals surface area contributed by atoms with Crippen LogP contribution in [0, 0.1) is 19.8 Å². The molecule has 2 aromatic rings. The van der Waals surface area contributed by atoms with Crippen molar-refractivity contribution in [3.05, 3.63) is 28.9 Å². The molecule has 0 aromatic carbocycles. The second-order valence-corrected chi connectivity index (χ2v) is 5.56. The molecule has 5 heteroatoms. The molecule has 20 heavy (non-hydrogen) atoms. The van der Waals surface area contributed by atoms with Crippen molar-refractivity contribution in [3.63, 3.8) is 0 Å². The fourth-order valence-electron chi connectivity index (χ4n) is 2.34. The zero-order chi connectivity index (χ0) is 14.7. The first-order chi connectivity index (χ1) is 9.52. The van der Waals surface area contributed by atoms with Crippen molar-refractivity contribution in [1.82, 2.24) is 20.1 Å². The van der Waals surface area contributed by atoms with Crippen LogP contribution in [-0.4, -0.2) is 21.3 Å². The van der Waals surface area contributed by atoms with E-state index in [0.717, 1.165) is 36.6 Å². The SMILES string of the molecule is CCc1c(C)nn(-c2nc(CNCC(C)C)co2)c1C. The lowest BCUT2D eigenvalue weighted by atomic mass is 10.1. The van der Waals surface area contributed by atoms with Gasteiger partial charge in [-0.1, -0.05) is 20.8 Å². The van der Waals surface area contributed by atoms with Crippen LogP contribution in [0.1, 0.15) is 43.4 Å². The first-order valence-corrected chi connectivity index (χ1v) is 7.23. The Kier molecular flexibility index (Phi) is 4.60. The molecule has 0 spiro atoms. The molecule has 0 saturated carbocycles. The van der Waals surface area contributed by atoms with Crippen LogP contribution in [0.2, 0.25) is 0 Å². The topological polar surface area (TPSA) is 55.9 Å². The van der Waals surface area contributed by atoms with E-state index in [9.17, 15) is 0 Å². The highest BCUT2D eigenvalue weighted by molar-refractivity contribution is 5.28. The molecule has 0 amide bonds. The Hall–Kier alpha value is -1.62. The van der Waals surface area contributed by atoms with Gasteiger partial charge in [-0.3, -0.25) is 0 Å². The van der Waals surface area contributed by atoms with Gasteiger partial charge < -0.3 is 9.73 Å². The van der Waals surface area contributed by atoms with Gasteiger partial charge in [-0.2, -0.15) is 14.8 Å². The average Bonchev–Trinajstić information content (AvgIpc) is 2.94. The number of oxazole rings is 1. The van der Waals surface area contributed by atoms with Crippen LogP contribution in [0.5, 0.6) is 0 Å². The highest BCUT2D eigenvalue weighted by Crippen LogP contribution is 2.18. The van der Waals surface area contributed by atoms with Gasteiger partial charge in [0.2, 0.25) is 0 Å². The molecule has 0 aliphatic rings. The van der Waals surface area contributed by atoms with Crippen molar-refractivity contribution in [2.45, 2.75) is 47.6 Å². The Bertz CT molecular complexity index is 568. The molecule has 2 aromatic heterocycles. The maximum Gasteiger partial charge on any atom is 0.323 e. The van der Waals surface area contributed by atoms with E-state index in [1.54, 1.807) is 10.9 Å². The van der Waals surface area contributed by atoms with Crippen LogP contribution in [0.15, 0.2) is 10.7 Å². The number of aryl methyl sites for hydroxylation is 1. The van der Waals surface area contributed by atoms with E-state index in [-0.39, 0.29) is 0 Å². The van der Waals surface area contributed by atoms with Crippen molar-refractivity contribution in [2.24, 2.45) is 5.92 Å². The standard InChI is InChI=1S/C15H24N4O/c1-6-14-11(4)18-19(12(14)5)15-17-13(9-20-15)8-16-7-10(2)3/h9-10,16H,6-8H2,1-5H3. The molecule has 0 radical (unpaired) electrons. The normalized spacial score (nSPS) is 11.5. The zero-order valence-electron chi connectivity index (χ0n) is 13.0. The Morgan fingerprint density at radius 1 is 1.35 bits per heavy atom. The van der Waals surface area contributed by atoms with Gasteiger partial charge >= 0.3 is 6.01 Å². The smallest absolute Gasteiger partial charge is 0.323 e. The van der Waals surface area contributed by atoms with E-state index < -0.39 is 0 Å². The highest BCUT2D eigenvalue weighted by atomic mass is 16.4. The summed E-state index contributed by atoms with van der Waals surface area (Å²) in [5.74, 6) is 0.629. The fraction of sp³-hybridized carbons (Fsp3) is 0.600. The Morgan fingerprint density at radius 2 is 2.10 bits per heavy atom. The predicted molar refractivity (Wildman–Crippen MR) is 79.0 cm³/mol. The maximum absolute atomic E-state index is 5.55. The summed E-state index contributed by atoms with van der Waals surface area (Å²) in [6, 6.07) is 0.548. The number of nitrogens with zero attached hydrogens (tertiary/aromatic N) is 3. The zero-order valence-corrected chi connectivity index (χ0v) is 13.0. The number of hydrogen-bond donors (Lipinski definition) is 1. The van der Waals surface area contributed by atoms with Crippen molar-refractivity contribution in [1.29, 1.82) is 0 Å². The molecule has 5 nitrogen and oxygen atoms in total. The Morgan fingerprint density at radius 3 is 2.70 bits per heavy atom. The van der Waals surface area contributed by atoms with Gasteiger partial charge in [0.05, 0.1) is 11.4 Å². The lowest BCUT2D eigenvalue weighted by Crippen LogP contribution is -2.19. The van der Waals surface area contributed by atoms with E-state index >= 15 is 0 Å². The van der Waals surface area contributed by atoms with Gasteiger partial charge in [0.15, 0.2) is 0 Å². The van der Waals surface area contributed by atoms with Crippen LogP contribution in [0.3, 0.4) is 0 Å². The minimum Gasteiger partial charge on any atom is -0.430 e. The molecule has 2 heterocycles. The minimum absolute atomic E-state index is 0.548. The molecule has 0 unspecified atom stereocenters. The first kappa shape index (κ1) is 14.8. The van der Waals surface area contributed by atoms with Gasteiger partial charge in [0.1, 0.15) is 6.26 Å². The third kappa shape index (κ3) is 3.10. The van der Waals surface area contributed by atoms with Gasteiger partial charge in [0, 0.05) is 12.2 Å². The van der Waals surface area contributed by atoms with E-state index in [1.165, 1.54) is 5.56 Å². The summed E-state index contributed by atoms with van der Waals surface area (Å²) in [5, 5.41) is 7.87. The highest BCUT2D eigenvalue weighted by Gasteiger charge is 2.15. The van der Waals surface area contributed by atoms with Crippen molar-refractivity contribution in [3.8, 4) is 6.01 Å². The van der Waals surface area contributed by atoms with E-state index in [2.05, 4.69) is 43.1 Å². The largest absolute Gasteiger partial charge is 0.430 e. The predicted octanol–water partition coefficient (Wildman–Crippen LogP) is 2.79. The summed E-state index contributed by atoms with van der Waals surface area (Å²) in [6.07, 6.45) is 2.67. The third-order valence-electron chi connectivity index (χ3n) is 3.37.